The van der Waals surface area contributed by atoms with E-state index in [9.17, 15) is 14.4 Å². The number of para-hydroxylation sites is 2. The number of likely N-dealkylation sites (tertiary alicyclic amines) is 1. The van der Waals surface area contributed by atoms with Gasteiger partial charge in [-0.1, -0.05) is 50.1 Å². The monoisotopic (exact) mass is 587 g/mol. The number of rotatable bonds is 7. The Bertz CT molecular complexity index is 1460. The lowest BCUT2D eigenvalue weighted by atomic mass is 9.74. The van der Waals surface area contributed by atoms with Crippen LogP contribution in [0, 0.1) is 17.8 Å². The molecule has 0 radical (unpaired) electrons. The van der Waals surface area contributed by atoms with Gasteiger partial charge < -0.3 is 34.5 Å². The van der Waals surface area contributed by atoms with E-state index in [0.717, 1.165) is 25.7 Å². The minimum atomic E-state index is -1.26. The number of hydrogen-bond donors (Lipinski definition) is 2. The third-order valence-corrected chi connectivity index (χ3v) is 9.67. The maximum atomic E-state index is 14.4. The van der Waals surface area contributed by atoms with E-state index in [2.05, 4.69) is 17.6 Å². The number of carbonyl (C=O) groups is 3. The van der Waals surface area contributed by atoms with Crippen LogP contribution in [0.1, 0.15) is 32.6 Å². The average Bonchev–Trinajstić information content (AvgIpc) is 3.66. The molecule has 0 aromatic heterocycles. The Morgan fingerprint density at radius 3 is 2.70 bits per heavy atom. The molecule has 2 N–H and O–H groups in total. The lowest BCUT2D eigenvalue weighted by Crippen LogP contribution is -2.58. The molecule has 3 fully saturated rings. The number of benzene rings is 2. The summed E-state index contributed by atoms with van der Waals surface area (Å²) >= 11 is 0. The van der Waals surface area contributed by atoms with Gasteiger partial charge in [-0.15, -0.1) is 0 Å². The Morgan fingerprint density at radius 1 is 1.07 bits per heavy atom. The van der Waals surface area contributed by atoms with Crippen LogP contribution in [-0.4, -0.2) is 72.8 Å². The van der Waals surface area contributed by atoms with Crippen LogP contribution in [-0.2, 0) is 19.1 Å². The van der Waals surface area contributed by atoms with E-state index < -0.39 is 35.7 Å². The van der Waals surface area contributed by atoms with Crippen molar-refractivity contribution in [1.82, 2.24) is 10.2 Å². The van der Waals surface area contributed by atoms with Gasteiger partial charge in [0, 0.05) is 17.8 Å². The molecule has 2 aromatic rings. The summed E-state index contributed by atoms with van der Waals surface area (Å²) in [7, 11) is 1.56. The number of ether oxygens (including phenoxy) is 4. The molecule has 226 valence electrons. The summed E-state index contributed by atoms with van der Waals surface area (Å²) in [6, 6.07) is 13.5. The van der Waals surface area contributed by atoms with Crippen molar-refractivity contribution in [1.29, 1.82) is 0 Å². The third-order valence-electron chi connectivity index (χ3n) is 9.67. The van der Waals surface area contributed by atoms with Crippen molar-refractivity contribution < 1.29 is 33.3 Å². The summed E-state index contributed by atoms with van der Waals surface area (Å²) in [5.74, 6) is -0.382. The second-order valence-corrected chi connectivity index (χ2v) is 12.3. The lowest BCUT2D eigenvalue weighted by molar-refractivity contribution is -0.143. The normalized spacial score (nSPS) is 33.7. The van der Waals surface area contributed by atoms with E-state index in [1.807, 2.05) is 36.4 Å². The van der Waals surface area contributed by atoms with Crippen LogP contribution in [0.25, 0.3) is 0 Å². The van der Waals surface area contributed by atoms with Gasteiger partial charge in [0.2, 0.25) is 17.7 Å². The van der Waals surface area contributed by atoms with Crippen molar-refractivity contribution in [2.24, 2.45) is 17.8 Å². The van der Waals surface area contributed by atoms with Crippen LogP contribution in [0.5, 0.6) is 17.2 Å². The zero-order valence-corrected chi connectivity index (χ0v) is 24.4. The fraction of sp³-hybridized carbons (Fsp3) is 0.485. The summed E-state index contributed by atoms with van der Waals surface area (Å²) < 4.78 is 23.9. The van der Waals surface area contributed by atoms with Crippen molar-refractivity contribution in [3.63, 3.8) is 0 Å². The highest BCUT2D eigenvalue weighted by Crippen LogP contribution is 2.55. The fourth-order valence-corrected chi connectivity index (χ4v) is 7.56. The number of nitrogens with zero attached hydrogens (tertiary/aromatic N) is 1. The number of fused-ring (bicyclic) bond motifs is 2. The highest BCUT2D eigenvalue weighted by atomic mass is 16.6. The van der Waals surface area contributed by atoms with Gasteiger partial charge in [0.1, 0.15) is 24.0 Å². The highest BCUT2D eigenvalue weighted by molar-refractivity contribution is 6.02. The van der Waals surface area contributed by atoms with Crippen molar-refractivity contribution in [3.05, 3.63) is 60.7 Å². The first-order valence-corrected chi connectivity index (χ1v) is 15.2. The van der Waals surface area contributed by atoms with Crippen molar-refractivity contribution in [2.45, 2.75) is 62.5 Å². The maximum Gasteiger partial charge on any atom is 0.246 e. The first-order chi connectivity index (χ1) is 20.9. The molecule has 10 nitrogen and oxygen atoms in total. The van der Waals surface area contributed by atoms with Gasteiger partial charge in [0.05, 0.1) is 31.6 Å². The minimum absolute atomic E-state index is 0.0181. The van der Waals surface area contributed by atoms with E-state index in [1.165, 1.54) is 0 Å². The highest BCUT2D eigenvalue weighted by Gasteiger charge is 2.73. The molecule has 0 unspecified atom stereocenters. The molecule has 2 bridgehead atoms. The molecule has 7 rings (SSSR count). The smallest absolute Gasteiger partial charge is 0.246 e. The lowest BCUT2D eigenvalue weighted by Gasteiger charge is -2.37. The molecular formula is C33H37N3O7. The Morgan fingerprint density at radius 2 is 1.88 bits per heavy atom. The third kappa shape index (κ3) is 4.72. The molecule has 1 saturated carbocycles. The maximum absolute atomic E-state index is 14.4. The van der Waals surface area contributed by atoms with Crippen molar-refractivity contribution in [3.8, 4) is 17.2 Å². The molecule has 1 aliphatic carbocycles. The average molecular weight is 588 g/mol. The predicted molar refractivity (Wildman–Crippen MR) is 157 cm³/mol. The van der Waals surface area contributed by atoms with Gasteiger partial charge in [0.15, 0.2) is 17.6 Å². The Labute approximate surface area is 250 Å². The van der Waals surface area contributed by atoms with E-state index >= 15 is 0 Å². The molecule has 3 amide bonds. The molecule has 1 spiro atoms. The van der Waals surface area contributed by atoms with Crippen LogP contribution < -0.4 is 24.8 Å². The number of nitrogens with one attached hydrogen (secondary N) is 2. The summed E-state index contributed by atoms with van der Waals surface area (Å²) in [4.78, 5) is 43.9. The van der Waals surface area contributed by atoms with Gasteiger partial charge in [0.25, 0.3) is 0 Å². The molecule has 4 heterocycles. The molecule has 4 aliphatic heterocycles. The van der Waals surface area contributed by atoms with E-state index in [0.29, 0.717) is 28.9 Å². The first-order valence-electron chi connectivity index (χ1n) is 15.2. The standard InChI is InChI=1S/C33H37N3O7/c1-19-8-3-4-11-23(19)35-31(38)29-33-15-14-26(43-33)27(30(37)34-20-9-7-10-21(16-20)40-2)28(33)32(39)36(29)17-22-18-41-24-12-5-6-13-25(24)42-22/h5-7,9-10,12-16,19,22-23,26-29H,3-4,8,11,17-18H2,1-2H3,(H,34,37)(H,35,38)/t19-,22-,23+,26-,27+,28-,29-,33-/m1/s1. The van der Waals surface area contributed by atoms with Gasteiger partial charge in [-0.3, -0.25) is 14.4 Å². The number of carbonyl (C=O) groups excluding carboxylic acids is 3. The molecule has 5 aliphatic rings. The summed E-state index contributed by atoms with van der Waals surface area (Å²) in [6.07, 6.45) is 6.67. The number of anilines is 1. The van der Waals surface area contributed by atoms with Crippen LogP contribution in [0.2, 0.25) is 0 Å². The van der Waals surface area contributed by atoms with Crippen LogP contribution in [0.4, 0.5) is 5.69 Å². The number of amides is 3. The Balaban J connectivity index is 1.19. The minimum Gasteiger partial charge on any atom is -0.497 e. The van der Waals surface area contributed by atoms with Gasteiger partial charge >= 0.3 is 0 Å². The zero-order valence-electron chi connectivity index (χ0n) is 24.4. The second-order valence-electron chi connectivity index (χ2n) is 12.3. The fourth-order valence-electron chi connectivity index (χ4n) is 7.56. The van der Waals surface area contributed by atoms with Gasteiger partial charge in [-0.25, -0.2) is 0 Å². The summed E-state index contributed by atoms with van der Waals surface area (Å²) in [5, 5.41) is 6.21. The van der Waals surface area contributed by atoms with Crippen molar-refractivity contribution in [2.75, 3.05) is 25.6 Å². The summed E-state index contributed by atoms with van der Waals surface area (Å²) in [6.45, 7) is 2.51. The quantitative estimate of drug-likeness (QED) is 0.478. The topological polar surface area (TPSA) is 115 Å². The second kappa shape index (κ2) is 10.9. The Kier molecular flexibility index (Phi) is 7.04. The van der Waals surface area contributed by atoms with E-state index in [1.54, 1.807) is 36.3 Å². The van der Waals surface area contributed by atoms with E-state index in [4.69, 9.17) is 18.9 Å². The van der Waals surface area contributed by atoms with Crippen LogP contribution in [0.15, 0.2) is 60.7 Å². The molecule has 2 aromatic carbocycles. The predicted octanol–water partition coefficient (Wildman–Crippen LogP) is 3.32. The largest absolute Gasteiger partial charge is 0.497 e. The van der Waals surface area contributed by atoms with Crippen LogP contribution in [0.3, 0.4) is 0 Å². The summed E-state index contributed by atoms with van der Waals surface area (Å²) in [5.41, 5.74) is -0.701. The molecular weight excluding hydrogens is 550 g/mol. The van der Waals surface area contributed by atoms with E-state index in [-0.39, 0.29) is 36.9 Å². The Hall–Kier alpha value is -4.05. The number of methoxy groups -OCH3 is 1. The number of hydrogen-bond acceptors (Lipinski definition) is 7. The molecule has 10 heteroatoms. The van der Waals surface area contributed by atoms with Gasteiger partial charge in [-0.05, 0) is 43.0 Å². The van der Waals surface area contributed by atoms with Crippen LogP contribution >= 0.6 is 0 Å². The molecule has 43 heavy (non-hydrogen) atoms. The molecule has 8 atom stereocenters. The SMILES string of the molecule is COc1cccc(NC(=O)[C@H]2[C@H]3C=C[C@@]4(O3)[C@H]2C(=O)N(C[C@@H]2COc3ccccc3O2)[C@@H]4C(=O)N[C@H]2CCCC[C@H]2C)c1. The zero-order chi connectivity index (χ0) is 29.7. The first kappa shape index (κ1) is 27.8. The van der Waals surface area contributed by atoms with Gasteiger partial charge in [-0.2, -0.15) is 0 Å². The molecule has 2 saturated heterocycles. The van der Waals surface area contributed by atoms with Crippen molar-refractivity contribution >= 4 is 23.4 Å².